The van der Waals surface area contributed by atoms with Crippen LogP contribution in [-0.2, 0) is 6.42 Å². The first-order valence-electron chi connectivity index (χ1n) is 8.50. The molecule has 0 aliphatic rings. The van der Waals surface area contributed by atoms with Gasteiger partial charge >= 0.3 is 0 Å². The molecule has 0 spiro atoms. The highest BCUT2D eigenvalue weighted by Crippen LogP contribution is 2.28. The molecule has 0 saturated heterocycles. The van der Waals surface area contributed by atoms with Gasteiger partial charge in [0.2, 0.25) is 5.95 Å². The SMILES string of the molecule is COc1ccc(Cc2nnc(Nc3cc(C)cc(C)c3)[nH]c2=O)cc1OC. The predicted octanol–water partition coefficient (Wildman–Crippen LogP) is 3.13. The average Bonchev–Trinajstić information content (AvgIpc) is 2.63. The van der Waals surface area contributed by atoms with Crippen LogP contribution in [0.25, 0.3) is 0 Å². The van der Waals surface area contributed by atoms with Crippen LogP contribution in [0.1, 0.15) is 22.4 Å². The highest BCUT2D eigenvalue weighted by Gasteiger charge is 2.10. The second kappa shape index (κ2) is 7.90. The second-order valence-corrected chi connectivity index (χ2v) is 6.32. The van der Waals surface area contributed by atoms with Crippen LogP contribution < -0.4 is 20.3 Å². The van der Waals surface area contributed by atoms with Gasteiger partial charge in [-0.25, -0.2) is 0 Å². The number of nitrogens with one attached hydrogen (secondary N) is 2. The van der Waals surface area contributed by atoms with E-state index in [1.165, 1.54) is 0 Å². The van der Waals surface area contributed by atoms with Gasteiger partial charge < -0.3 is 14.8 Å². The molecule has 3 aromatic rings. The van der Waals surface area contributed by atoms with Crippen molar-refractivity contribution < 1.29 is 9.47 Å². The van der Waals surface area contributed by atoms with Crippen molar-refractivity contribution in [2.75, 3.05) is 19.5 Å². The minimum Gasteiger partial charge on any atom is -0.493 e. The van der Waals surface area contributed by atoms with E-state index in [0.29, 0.717) is 29.6 Å². The average molecular weight is 366 g/mol. The lowest BCUT2D eigenvalue weighted by Gasteiger charge is -2.10. The van der Waals surface area contributed by atoms with Crippen LogP contribution in [0.15, 0.2) is 41.2 Å². The summed E-state index contributed by atoms with van der Waals surface area (Å²) in [6.45, 7) is 4.03. The third-order valence-electron chi connectivity index (χ3n) is 4.07. The van der Waals surface area contributed by atoms with Crippen LogP contribution in [0.4, 0.5) is 11.6 Å². The zero-order valence-corrected chi connectivity index (χ0v) is 15.8. The molecule has 7 nitrogen and oxygen atoms in total. The Hall–Kier alpha value is -3.35. The summed E-state index contributed by atoms with van der Waals surface area (Å²) in [6, 6.07) is 11.5. The predicted molar refractivity (Wildman–Crippen MR) is 104 cm³/mol. The molecule has 0 amide bonds. The summed E-state index contributed by atoms with van der Waals surface area (Å²) in [6.07, 6.45) is 0.340. The van der Waals surface area contributed by atoms with E-state index in [0.717, 1.165) is 22.4 Å². The number of rotatable bonds is 6. The summed E-state index contributed by atoms with van der Waals surface area (Å²) in [4.78, 5) is 15.1. The van der Waals surface area contributed by atoms with Crippen molar-refractivity contribution in [2.24, 2.45) is 0 Å². The molecule has 1 heterocycles. The first-order chi connectivity index (χ1) is 13.0. The maximum Gasteiger partial charge on any atom is 0.274 e. The van der Waals surface area contributed by atoms with Crippen LogP contribution in [-0.4, -0.2) is 29.4 Å². The highest BCUT2D eigenvalue weighted by molar-refractivity contribution is 5.55. The van der Waals surface area contributed by atoms with Gasteiger partial charge in [-0.3, -0.25) is 9.78 Å². The van der Waals surface area contributed by atoms with Gasteiger partial charge in [-0.1, -0.05) is 12.1 Å². The fourth-order valence-electron chi connectivity index (χ4n) is 2.90. The number of aromatic nitrogens is 3. The third-order valence-corrected chi connectivity index (χ3v) is 4.07. The largest absolute Gasteiger partial charge is 0.493 e. The summed E-state index contributed by atoms with van der Waals surface area (Å²) < 4.78 is 10.5. The van der Waals surface area contributed by atoms with Crippen LogP contribution in [0.3, 0.4) is 0 Å². The van der Waals surface area contributed by atoms with Gasteiger partial charge in [0.15, 0.2) is 11.5 Å². The third kappa shape index (κ3) is 4.44. The Bertz CT molecular complexity index is 994. The van der Waals surface area contributed by atoms with E-state index in [1.54, 1.807) is 20.3 Å². The molecule has 2 N–H and O–H groups in total. The lowest BCUT2D eigenvalue weighted by atomic mass is 10.1. The van der Waals surface area contributed by atoms with Crippen molar-refractivity contribution in [1.82, 2.24) is 15.2 Å². The lowest BCUT2D eigenvalue weighted by Crippen LogP contribution is -2.19. The molecular formula is C20H22N4O3. The molecule has 2 aromatic carbocycles. The zero-order chi connectivity index (χ0) is 19.4. The minimum absolute atomic E-state index is 0.286. The van der Waals surface area contributed by atoms with E-state index in [-0.39, 0.29) is 5.56 Å². The van der Waals surface area contributed by atoms with Crippen LogP contribution in [0, 0.1) is 13.8 Å². The van der Waals surface area contributed by atoms with Crippen molar-refractivity contribution in [3.8, 4) is 11.5 Å². The van der Waals surface area contributed by atoms with Crippen LogP contribution >= 0.6 is 0 Å². The number of methoxy groups -OCH3 is 2. The quantitative estimate of drug-likeness (QED) is 0.697. The van der Waals surface area contributed by atoms with Crippen molar-refractivity contribution in [2.45, 2.75) is 20.3 Å². The Morgan fingerprint density at radius 2 is 1.67 bits per heavy atom. The van der Waals surface area contributed by atoms with E-state index in [1.807, 2.05) is 38.1 Å². The molecule has 27 heavy (non-hydrogen) atoms. The molecule has 0 unspecified atom stereocenters. The topological polar surface area (TPSA) is 89.1 Å². The van der Waals surface area contributed by atoms with Crippen LogP contribution in [0.2, 0.25) is 0 Å². The number of hydrogen-bond donors (Lipinski definition) is 2. The smallest absolute Gasteiger partial charge is 0.274 e. The monoisotopic (exact) mass is 366 g/mol. The molecule has 7 heteroatoms. The van der Waals surface area contributed by atoms with Gasteiger partial charge in [0, 0.05) is 12.1 Å². The van der Waals surface area contributed by atoms with Crippen LogP contribution in [0.5, 0.6) is 11.5 Å². The molecule has 0 aliphatic carbocycles. The van der Waals surface area contributed by atoms with Gasteiger partial charge in [0.25, 0.3) is 5.56 Å². The normalized spacial score (nSPS) is 10.5. The molecular weight excluding hydrogens is 344 g/mol. The van der Waals surface area contributed by atoms with Gasteiger partial charge in [-0.2, -0.15) is 0 Å². The highest BCUT2D eigenvalue weighted by atomic mass is 16.5. The molecule has 3 rings (SSSR count). The number of anilines is 2. The molecule has 0 bridgehead atoms. The summed E-state index contributed by atoms with van der Waals surface area (Å²) in [5.41, 5.74) is 4.02. The molecule has 140 valence electrons. The molecule has 0 saturated carbocycles. The van der Waals surface area contributed by atoms with E-state index in [4.69, 9.17) is 9.47 Å². The molecule has 0 fully saturated rings. The molecule has 0 aliphatic heterocycles. The lowest BCUT2D eigenvalue weighted by molar-refractivity contribution is 0.354. The maximum absolute atomic E-state index is 12.4. The summed E-state index contributed by atoms with van der Waals surface area (Å²) in [7, 11) is 3.15. The number of hydrogen-bond acceptors (Lipinski definition) is 6. The number of aromatic amines is 1. The fraction of sp³-hybridized carbons (Fsp3) is 0.250. The Morgan fingerprint density at radius 3 is 2.30 bits per heavy atom. The van der Waals surface area contributed by atoms with E-state index < -0.39 is 0 Å². The zero-order valence-electron chi connectivity index (χ0n) is 15.8. The summed E-state index contributed by atoms with van der Waals surface area (Å²) in [5, 5.41) is 11.3. The number of H-pyrrole nitrogens is 1. The van der Waals surface area contributed by atoms with E-state index >= 15 is 0 Å². The Balaban J connectivity index is 1.80. The van der Waals surface area contributed by atoms with Crippen molar-refractivity contribution in [3.05, 3.63) is 69.1 Å². The van der Waals surface area contributed by atoms with Gasteiger partial charge in [0.1, 0.15) is 5.69 Å². The van der Waals surface area contributed by atoms with E-state index in [2.05, 4.69) is 26.6 Å². The van der Waals surface area contributed by atoms with Crippen molar-refractivity contribution in [1.29, 1.82) is 0 Å². The van der Waals surface area contributed by atoms with Crippen molar-refractivity contribution >= 4 is 11.6 Å². The Morgan fingerprint density at radius 1 is 0.963 bits per heavy atom. The maximum atomic E-state index is 12.4. The number of nitrogens with zero attached hydrogens (tertiary/aromatic N) is 2. The molecule has 0 radical (unpaired) electrons. The Kier molecular flexibility index (Phi) is 5.40. The number of ether oxygens (including phenoxy) is 2. The first-order valence-corrected chi connectivity index (χ1v) is 8.50. The fourth-order valence-corrected chi connectivity index (χ4v) is 2.90. The second-order valence-electron chi connectivity index (χ2n) is 6.32. The van der Waals surface area contributed by atoms with Gasteiger partial charge in [-0.05, 0) is 54.8 Å². The van der Waals surface area contributed by atoms with E-state index in [9.17, 15) is 4.79 Å². The number of benzene rings is 2. The first kappa shape index (κ1) is 18.4. The molecule has 0 atom stereocenters. The van der Waals surface area contributed by atoms with Crippen molar-refractivity contribution in [3.63, 3.8) is 0 Å². The summed E-state index contributed by atoms with van der Waals surface area (Å²) >= 11 is 0. The van der Waals surface area contributed by atoms with Gasteiger partial charge in [-0.15, -0.1) is 10.2 Å². The molecule has 1 aromatic heterocycles. The standard InChI is InChI=1S/C20H22N4O3/c1-12-7-13(2)9-15(8-12)21-20-22-19(25)16(23-24-20)10-14-5-6-17(26-3)18(11-14)27-4/h5-9,11H,10H2,1-4H3,(H2,21,22,24,25). The Labute approximate surface area is 157 Å². The minimum atomic E-state index is -0.286. The summed E-state index contributed by atoms with van der Waals surface area (Å²) in [5.74, 6) is 1.54. The van der Waals surface area contributed by atoms with Gasteiger partial charge in [0.05, 0.1) is 14.2 Å². The number of aryl methyl sites for hydroxylation is 2.